The molecule has 0 spiro atoms. The standard InChI is InChI=1S/C15H25N3OS/c1-12(2)9-14(16)15(19)18-6-4-17(5-7-18)10-13-3-8-20-11-13/h3,8,11-12,14H,4-7,9-10,16H2,1-2H3. The Bertz CT molecular complexity index is 411. The van der Waals surface area contributed by atoms with E-state index in [-0.39, 0.29) is 11.9 Å². The summed E-state index contributed by atoms with van der Waals surface area (Å²) in [6.45, 7) is 8.68. The highest BCUT2D eigenvalue weighted by Crippen LogP contribution is 2.13. The topological polar surface area (TPSA) is 49.6 Å². The number of hydrogen-bond donors (Lipinski definition) is 1. The van der Waals surface area contributed by atoms with Gasteiger partial charge >= 0.3 is 0 Å². The fourth-order valence-electron chi connectivity index (χ4n) is 2.61. The predicted molar refractivity (Wildman–Crippen MR) is 83.6 cm³/mol. The van der Waals surface area contributed by atoms with E-state index in [4.69, 9.17) is 5.73 Å². The van der Waals surface area contributed by atoms with Gasteiger partial charge in [0, 0.05) is 32.7 Å². The van der Waals surface area contributed by atoms with Crippen LogP contribution in [0.15, 0.2) is 16.8 Å². The second-order valence-corrected chi connectivity index (χ2v) is 6.75. The normalized spacial score (nSPS) is 18.5. The fraction of sp³-hybridized carbons (Fsp3) is 0.667. The lowest BCUT2D eigenvalue weighted by atomic mass is 10.0. The van der Waals surface area contributed by atoms with E-state index in [1.165, 1.54) is 5.56 Å². The van der Waals surface area contributed by atoms with E-state index in [0.29, 0.717) is 5.92 Å². The number of nitrogens with two attached hydrogens (primary N) is 1. The van der Waals surface area contributed by atoms with Gasteiger partial charge in [-0.3, -0.25) is 9.69 Å². The van der Waals surface area contributed by atoms with Gasteiger partial charge in [-0.25, -0.2) is 0 Å². The van der Waals surface area contributed by atoms with Crippen molar-refractivity contribution in [3.05, 3.63) is 22.4 Å². The molecule has 0 aromatic carbocycles. The van der Waals surface area contributed by atoms with Crippen molar-refractivity contribution in [1.29, 1.82) is 0 Å². The van der Waals surface area contributed by atoms with E-state index in [1.807, 2.05) is 4.90 Å². The Morgan fingerprint density at radius 1 is 1.35 bits per heavy atom. The van der Waals surface area contributed by atoms with Crippen molar-refractivity contribution in [2.45, 2.75) is 32.9 Å². The number of thiophene rings is 1. The first-order chi connectivity index (χ1) is 9.56. The van der Waals surface area contributed by atoms with Crippen LogP contribution in [0.3, 0.4) is 0 Å². The van der Waals surface area contributed by atoms with Crippen molar-refractivity contribution < 1.29 is 4.79 Å². The molecule has 0 aliphatic carbocycles. The number of amides is 1. The van der Waals surface area contributed by atoms with Crippen LogP contribution in [0.4, 0.5) is 0 Å². The molecular formula is C15H25N3OS. The van der Waals surface area contributed by atoms with Crippen molar-refractivity contribution in [1.82, 2.24) is 9.80 Å². The molecule has 2 N–H and O–H groups in total. The quantitative estimate of drug-likeness (QED) is 0.900. The highest BCUT2D eigenvalue weighted by atomic mass is 32.1. The summed E-state index contributed by atoms with van der Waals surface area (Å²) in [5, 5.41) is 4.30. The highest BCUT2D eigenvalue weighted by Gasteiger charge is 2.25. The maximum Gasteiger partial charge on any atom is 0.239 e. The lowest BCUT2D eigenvalue weighted by Gasteiger charge is -2.36. The summed E-state index contributed by atoms with van der Waals surface area (Å²) in [5.74, 6) is 0.586. The molecule has 1 fully saturated rings. The molecule has 0 saturated carbocycles. The number of piperazine rings is 1. The zero-order valence-electron chi connectivity index (χ0n) is 12.4. The summed E-state index contributed by atoms with van der Waals surface area (Å²) in [7, 11) is 0. The van der Waals surface area contributed by atoms with E-state index in [0.717, 1.165) is 39.1 Å². The zero-order valence-corrected chi connectivity index (χ0v) is 13.2. The molecule has 1 aliphatic rings. The molecule has 1 saturated heterocycles. The molecule has 4 nitrogen and oxygen atoms in total. The van der Waals surface area contributed by atoms with Gasteiger partial charge in [-0.1, -0.05) is 13.8 Å². The first kappa shape index (κ1) is 15.5. The predicted octanol–water partition coefficient (Wildman–Crippen LogP) is 1.77. The molecular weight excluding hydrogens is 270 g/mol. The van der Waals surface area contributed by atoms with Crippen molar-refractivity contribution in [3.63, 3.8) is 0 Å². The Hall–Kier alpha value is -0.910. The lowest BCUT2D eigenvalue weighted by molar-refractivity contribution is -0.134. The van der Waals surface area contributed by atoms with E-state index in [2.05, 4.69) is 35.6 Å². The smallest absolute Gasteiger partial charge is 0.239 e. The van der Waals surface area contributed by atoms with Crippen LogP contribution in [0.2, 0.25) is 0 Å². The third-order valence-corrected chi connectivity index (χ3v) is 4.44. The summed E-state index contributed by atoms with van der Waals surface area (Å²) in [6, 6.07) is 1.83. The van der Waals surface area contributed by atoms with E-state index in [9.17, 15) is 4.79 Å². The summed E-state index contributed by atoms with van der Waals surface area (Å²) in [6.07, 6.45) is 0.772. The van der Waals surface area contributed by atoms with Crippen LogP contribution in [-0.2, 0) is 11.3 Å². The maximum atomic E-state index is 12.2. The number of rotatable bonds is 5. The third kappa shape index (κ3) is 4.30. The van der Waals surface area contributed by atoms with Gasteiger partial charge in [0.15, 0.2) is 0 Å². The minimum atomic E-state index is -0.335. The van der Waals surface area contributed by atoms with E-state index >= 15 is 0 Å². The van der Waals surface area contributed by atoms with Crippen LogP contribution in [-0.4, -0.2) is 47.9 Å². The van der Waals surface area contributed by atoms with Gasteiger partial charge in [0.05, 0.1) is 6.04 Å². The molecule has 1 atom stereocenters. The molecule has 1 aromatic rings. The SMILES string of the molecule is CC(C)CC(N)C(=O)N1CCN(Cc2ccsc2)CC1. The minimum absolute atomic E-state index is 0.119. The van der Waals surface area contributed by atoms with Gasteiger partial charge in [0.1, 0.15) is 0 Å². The fourth-order valence-corrected chi connectivity index (χ4v) is 3.27. The summed E-state index contributed by atoms with van der Waals surface area (Å²) < 4.78 is 0. The van der Waals surface area contributed by atoms with Crippen molar-refractivity contribution in [3.8, 4) is 0 Å². The molecule has 1 aromatic heterocycles. The Kier molecular flexibility index (Phi) is 5.57. The third-order valence-electron chi connectivity index (χ3n) is 3.71. The second kappa shape index (κ2) is 7.20. The molecule has 0 radical (unpaired) electrons. The first-order valence-corrected chi connectivity index (χ1v) is 8.28. The molecule has 0 bridgehead atoms. The number of hydrogen-bond acceptors (Lipinski definition) is 4. The van der Waals surface area contributed by atoms with Gasteiger partial charge < -0.3 is 10.6 Å². The Morgan fingerprint density at radius 2 is 2.05 bits per heavy atom. The second-order valence-electron chi connectivity index (χ2n) is 5.97. The largest absolute Gasteiger partial charge is 0.339 e. The summed E-state index contributed by atoms with van der Waals surface area (Å²) >= 11 is 1.74. The monoisotopic (exact) mass is 295 g/mol. The molecule has 112 valence electrons. The van der Waals surface area contributed by atoms with Crippen LogP contribution in [0.25, 0.3) is 0 Å². The molecule has 5 heteroatoms. The Labute approximate surface area is 125 Å². The number of carbonyl (C=O) groups excluding carboxylic acids is 1. The van der Waals surface area contributed by atoms with Gasteiger partial charge in [0.25, 0.3) is 0 Å². The van der Waals surface area contributed by atoms with Crippen LogP contribution in [0.1, 0.15) is 25.8 Å². The Balaban J connectivity index is 1.77. The van der Waals surface area contributed by atoms with Crippen molar-refractivity contribution in [2.75, 3.05) is 26.2 Å². The van der Waals surface area contributed by atoms with Gasteiger partial charge in [0.2, 0.25) is 5.91 Å². The molecule has 1 amide bonds. The van der Waals surface area contributed by atoms with E-state index in [1.54, 1.807) is 11.3 Å². The molecule has 2 rings (SSSR count). The number of nitrogens with zero attached hydrogens (tertiary/aromatic N) is 2. The highest BCUT2D eigenvalue weighted by molar-refractivity contribution is 7.07. The average molecular weight is 295 g/mol. The Morgan fingerprint density at radius 3 is 2.60 bits per heavy atom. The molecule has 20 heavy (non-hydrogen) atoms. The molecule has 1 aliphatic heterocycles. The van der Waals surface area contributed by atoms with Crippen LogP contribution < -0.4 is 5.73 Å². The maximum absolute atomic E-state index is 12.2. The summed E-state index contributed by atoms with van der Waals surface area (Å²) in [5.41, 5.74) is 7.36. The van der Waals surface area contributed by atoms with Crippen molar-refractivity contribution in [2.24, 2.45) is 11.7 Å². The molecule has 1 unspecified atom stereocenters. The average Bonchev–Trinajstić information content (AvgIpc) is 2.91. The summed E-state index contributed by atoms with van der Waals surface area (Å²) in [4.78, 5) is 16.6. The van der Waals surface area contributed by atoms with Gasteiger partial charge in [-0.05, 0) is 34.7 Å². The minimum Gasteiger partial charge on any atom is -0.339 e. The van der Waals surface area contributed by atoms with E-state index < -0.39 is 0 Å². The van der Waals surface area contributed by atoms with Gasteiger partial charge in [-0.2, -0.15) is 11.3 Å². The van der Waals surface area contributed by atoms with Crippen LogP contribution >= 0.6 is 11.3 Å². The van der Waals surface area contributed by atoms with Crippen LogP contribution in [0, 0.1) is 5.92 Å². The van der Waals surface area contributed by atoms with Crippen LogP contribution in [0.5, 0.6) is 0 Å². The van der Waals surface area contributed by atoms with Gasteiger partial charge in [-0.15, -0.1) is 0 Å². The van der Waals surface area contributed by atoms with Crippen molar-refractivity contribution >= 4 is 17.2 Å². The number of carbonyl (C=O) groups is 1. The first-order valence-electron chi connectivity index (χ1n) is 7.34. The zero-order chi connectivity index (χ0) is 14.5. The molecule has 2 heterocycles. The lowest BCUT2D eigenvalue weighted by Crippen LogP contribution is -2.53.